The Morgan fingerprint density at radius 3 is 1.97 bits per heavy atom. The van der Waals surface area contributed by atoms with E-state index in [1.165, 1.54) is 38.5 Å². The fraction of sp³-hybridized carbons (Fsp3) is 0.519. The standard InChI is InChI=1S/C27H39NO2/c1-3-5-6-7-8-9-10-17-22-27(26(29)30-4-2,23-24-18-13-11-14-19-24)28-25-20-15-12-16-21-25/h11-16,18-21,28H,3-10,17,22-23H2,1-2H3/t27-/m0/s1. The molecule has 2 rings (SSSR count). The van der Waals surface area contributed by atoms with Crippen molar-refractivity contribution in [3.05, 3.63) is 66.2 Å². The quantitative estimate of drug-likeness (QED) is 0.250. The number of para-hydroxylation sites is 1. The third-order valence-corrected chi connectivity index (χ3v) is 5.63. The summed E-state index contributed by atoms with van der Waals surface area (Å²) >= 11 is 0. The molecule has 3 heteroatoms. The summed E-state index contributed by atoms with van der Waals surface area (Å²) in [4.78, 5) is 13.2. The van der Waals surface area contributed by atoms with Crippen molar-refractivity contribution in [2.75, 3.05) is 11.9 Å². The van der Waals surface area contributed by atoms with Crippen LogP contribution in [0.4, 0.5) is 5.69 Å². The lowest BCUT2D eigenvalue weighted by Crippen LogP contribution is -2.49. The molecule has 0 bridgehead atoms. The lowest BCUT2D eigenvalue weighted by molar-refractivity contribution is -0.149. The summed E-state index contributed by atoms with van der Waals surface area (Å²) in [6.45, 7) is 4.52. The van der Waals surface area contributed by atoms with Gasteiger partial charge in [0, 0.05) is 12.1 Å². The molecule has 0 aliphatic carbocycles. The maximum atomic E-state index is 13.2. The van der Waals surface area contributed by atoms with E-state index in [9.17, 15) is 4.79 Å². The number of rotatable bonds is 15. The second-order valence-corrected chi connectivity index (χ2v) is 8.18. The van der Waals surface area contributed by atoms with Crippen molar-refractivity contribution in [1.82, 2.24) is 0 Å². The van der Waals surface area contributed by atoms with Crippen LogP contribution in [0.15, 0.2) is 60.7 Å². The van der Waals surface area contributed by atoms with Crippen molar-refractivity contribution in [2.45, 2.75) is 83.6 Å². The predicted molar refractivity (Wildman–Crippen MR) is 127 cm³/mol. The highest BCUT2D eigenvalue weighted by Gasteiger charge is 2.39. The van der Waals surface area contributed by atoms with Gasteiger partial charge in [0.2, 0.25) is 0 Å². The molecule has 0 aliphatic rings. The molecule has 164 valence electrons. The first-order chi connectivity index (χ1) is 14.7. The summed E-state index contributed by atoms with van der Waals surface area (Å²) in [6.07, 6.45) is 11.4. The van der Waals surface area contributed by atoms with E-state index in [0.29, 0.717) is 13.0 Å². The van der Waals surface area contributed by atoms with E-state index >= 15 is 0 Å². The van der Waals surface area contributed by atoms with E-state index < -0.39 is 5.54 Å². The zero-order chi connectivity index (χ0) is 21.5. The van der Waals surface area contributed by atoms with Crippen LogP contribution in [0.25, 0.3) is 0 Å². The molecule has 1 N–H and O–H groups in total. The zero-order valence-electron chi connectivity index (χ0n) is 18.9. The molecule has 0 radical (unpaired) electrons. The predicted octanol–water partition coefficient (Wildman–Crippen LogP) is 7.17. The molecule has 0 aliphatic heterocycles. The molecule has 2 aromatic rings. The summed E-state index contributed by atoms with van der Waals surface area (Å²) in [5.74, 6) is -0.152. The molecule has 3 nitrogen and oxygen atoms in total. The second-order valence-electron chi connectivity index (χ2n) is 8.18. The number of benzene rings is 2. The van der Waals surface area contributed by atoms with Crippen LogP contribution in [-0.4, -0.2) is 18.1 Å². The highest BCUT2D eigenvalue weighted by Crippen LogP contribution is 2.28. The van der Waals surface area contributed by atoms with Gasteiger partial charge in [0.05, 0.1) is 6.61 Å². The van der Waals surface area contributed by atoms with Crippen LogP contribution in [-0.2, 0) is 16.0 Å². The van der Waals surface area contributed by atoms with Crippen LogP contribution < -0.4 is 5.32 Å². The largest absolute Gasteiger partial charge is 0.464 e. The summed E-state index contributed by atoms with van der Waals surface area (Å²) in [7, 11) is 0. The molecule has 0 spiro atoms. The number of carbonyl (C=O) groups is 1. The fourth-order valence-corrected chi connectivity index (χ4v) is 3.99. The van der Waals surface area contributed by atoms with Gasteiger partial charge >= 0.3 is 5.97 Å². The fourth-order valence-electron chi connectivity index (χ4n) is 3.99. The minimum Gasteiger partial charge on any atom is -0.464 e. The lowest BCUT2D eigenvalue weighted by atomic mass is 9.84. The topological polar surface area (TPSA) is 38.3 Å². The highest BCUT2D eigenvalue weighted by atomic mass is 16.5. The third kappa shape index (κ3) is 8.22. The van der Waals surface area contributed by atoms with E-state index in [1.807, 2.05) is 55.5 Å². The van der Waals surface area contributed by atoms with E-state index in [4.69, 9.17) is 4.74 Å². The number of hydrogen-bond acceptors (Lipinski definition) is 3. The van der Waals surface area contributed by atoms with Gasteiger partial charge in [-0.05, 0) is 31.0 Å². The van der Waals surface area contributed by atoms with Crippen LogP contribution >= 0.6 is 0 Å². The number of esters is 1. The van der Waals surface area contributed by atoms with Gasteiger partial charge in [-0.25, -0.2) is 4.79 Å². The van der Waals surface area contributed by atoms with Gasteiger partial charge in [0.1, 0.15) is 5.54 Å². The Balaban J connectivity index is 2.10. The number of hydrogen-bond donors (Lipinski definition) is 1. The Labute approximate surface area is 183 Å². The van der Waals surface area contributed by atoms with Gasteiger partial charge in [-0.1, -0.05) is 107 Å². The highest BCUT2D eigenvalue weighted by molar-refractivity contribution is 5.85. The van der Waals surface area contributed by atoms with Crippen molar-refractivity contribution in [3.63, 3.8) is 0 Å². The van der Waals surface area contributed by atoms with Crippen molar-refractivity contribution in [2.24, 2.45) is 0 Å². The maximum absolute atomic E-state index is 13.2. The first kappa shape index (κ1) is 24.0. The summed E-state index contributed by atoms with van der Waals surface area (Å²) in [5.41, 5.74) is 1.36. The number of nitrogens with one attached hydrogen (secondary N) is 1. The van der Waals surface area contributed by atoms with Crippen molar-refractivity contribution in [1.29, 1.82) is 0 Å². The van der Waals surface area contributed by atoms with Gasteiger partial charge in [-0.2, -0.15) is 0 Å². The smallest absolute Gasteiger partial charge is 0.332 e. The van der Waals surface area contributed by atoms with Gasteiger partial charge in [-0.3, -0.25) is 0 Å². The molecule has 0 unspecified atom stereocenters. The molecule has 0 saturated carbocycles. The number of carbonyl (C=O) groups excluding carboxylic acids is 1. The zero-order valence-corrected chi connectivity index (χ0v) is 18.9. The molecule has 0 saturated heterocycles. The average Bonchev–Trinajstić information content (AvgIpc) is 2.77. The second kappa shape index (κ2) is 13.8. The van der Waals surface area contributed by atoms with Crippen LogP contribution in [0.1, 0.15) is 77.2 Å². The molecule has 0 fully saturated rings. The van der Waals surface area contributed by atoms with E-state index in [1.54, 1.807) is 0 Å². The number of anilines is 1. The summed E-state index contributed by atoms with van der Waals surface area (Å²) in [5, 5.41) is 3.57. The van der Waals surface area contributed by atoms with Crippen LogP contribution in [0.3, 0.4) is 0 Å². The number of ether oxygens (including phenoxy) is 1. The number of unbranched alkanes of at least 4 members (excludes halogenated alkanes) is 7. The minimum absolute atomic E-state index is 0.152. The molecule has 0 heterocycles. The van der Waals surface area contributed by atoms with Crippen LogP contribution in [0.2, 0.25) is 0 Å². The Morgan fingerprint density at radius 1 is 0.800 bits per heavy atom. The molecule has 2 aromatic carbocycles. The monoisotopic (exact) mass is 409 g/mol. The Morgan fingerprint density at radius 2 is 1.37 bits per heavy atom. The molecule has 30 heavy (non-hydrogen) atoms. The van der Waals surface area contributed by atoms with Crippen molar-refractivity contribution in [3.8, 4) is 0 Å². The molecule has 1 atom stereocenters. The van der Waals surface area contributed by atoms with Crippen molar-refractivity contribution < 1.29 is 9.53 Å². The van der Waals surface area contributed by atoms with E-state index in [0.717, 1.165) is 30.5 Å². The molecule has 0 aromatic heterocycles. The first-order valence-corrected chi connectivity index (χ1v) is 11.7. The van der Waals surface area contributed by atoms with Gasteiger partial charge in [0.15, 0.2) is 0 Å². The third-order valence-electron chi connectivity index (χ3n) is 5.63. The normalized spacial score (nSPS) is 12.9. The Hall–Kier alpha value is -2.29. The van der Waals surface area contributed by atoms with Crippen LogP contribution in [0, 0.1) is 0 Å². The SMILES string of the molecule is CCCCCCCCCC[C@@](Cc1ccccc1)(Nc1ccccc1)C(=O)OCC. The summed E-state index contributed by atoms with van der Waals surface area (Å²) in [6, 6.07) is 20.3. The first-order valence-electron chi connectivity index (χ1n) is 11.7. The Bertz CT molecular complexity index is 658. The molecular weight excluding hydrogens is 370 g/mol. The minimum atomic E-state index is -0.749. The van der Waals surface area contributed by atoms with Crippen LogP contribution in [0.5, 0.6) is 0 Å². The van der Waals surface area contributed by atoms with Gasteiger partial charge in [0.25, 0.3) is 0 Å². The van der Waals surface area contributed by atoms with Crippen molar-refractivity contribution >= 4 is 11.7 Å². The van der Waals surface area contributed by atoms with Gasteiger partial charge < -0.3 is 10.1 Å². The van der Waals surface area contributed by atoms with E-state index in [2.05, 4.69) is 24.4 Å². The lowest BCUT2D eigenvalue weighted by Gasteiger charge is -2.34. The Kier molecular flexibility index (Phi) is 11.1. The average molecular weight is 410 g/mol. The van der Waals surface area contributed by atoms with E-state index in [-0.39, 0.29) is 5.97 Å². The molecular formula is C27H39NO2. The molecule has 0 amide bonds. The van der Waals surface area contributed by atoms with Gasteiger partial charge in [-0.15, -0.1) is 0 Å². The summed E-state index contributed by atoms with van der Waals surface area (Å²) < 4.78 is 5.57. The maximum Gasteiger partial charge on any atom is 0.332 e.